The highest BCUT2D eigenvalue weighted by atomic mass is 32.2. The van der Waals surface area contributed by atoms with Gasteiger partial charge in [-0.3, -0.25) is 14.9 Å². The second-order valence-electron chi connectivity index (χ2n) is 6.72. The number of likely N-dealkylation sites (tertiary alicyclic amines) is 1. The molecule has 0 radical (unpaired) electrons. The minimum Gasteiger partial charge on any atom is -0.338 e. The average molecular weight is 403 g/mol. The summed E-state index contributed by atoms with van der Waals surface area (Å²) in [5, 5.41) is 11.1. The molecule has 0 bridgehead atoms. The zero-order valence-electron chi connectivity index (χ0n) is 15.4. The van der Waals surface area contributed by atoms with Crippen LogP contribution in [0.1, 0.15) is 29.5 Å². The monoisotopic (exact) mass is 403 g/mol. The summed E-state index contributed by atoms with van der Waals surface area (Å²) in [5.74, 6) is 0.0994. The maximum atomic E-state index is 12.6. The highest BCUT2D eigenvalue weighted by molar-refractivity contribution is 7.89. The van der Waals surface area contributed by atoms with Crippen LogP contribution in [-0.4, -0.2) is 30.7 Å². The second-order valence-corrected chi connectivity index (χ2v) is 8.48. The van der Waals surface area contributed by atoms with E-state index >= 15 is 0 Å². The molecular formula is C19H21N3O5S. The van der Waals surface area contributed by atoms with Gasteiger partial charge in [-0.05, 0) is 30.5 Å². The molecule has 0 spiro atoms. The molecule has 2 aromatic carbocycles. The third kappa shape index (κ3) is 4.37. The van der Waals surface area contributed by atoms with E-state index in [2.05, 4.69) is 4.72 Å². The average Bonchev–Trinajstić information content (AvgIpc) is 3.05. The largest absolute Gasteiger partial charge is 0.338 e. The Morgan fingerprint density at radius 3 is 2.54 bits per heavy atom. The van der Waals surface area contributed by atoms with Crippen molar-refractivity contribution < 1.29 is 18.1 Å². The lowest BCUT2D eigenvalue weighted by molar-refractivity contribution is -0.385. The van der Waals surface area contributed by atoms with Crippen LogP contribution in [0.25, 0.3) is 0 Å². The Morgan fingerprint density at radius 1 is 1.18 bits per heavy atom. The number of aryl methyl sites for hydroxylation is 1. The number of sulfonamides is 1. The third-order valence-corrected chi connectivity index (χ3v) is 6.19. The van der Waals surface area contributed by atoms with Crippen LogP contribution in [-0.2, 0) is 27.9 Å². The van der Waals surface area contributed by atoms with Crippen molar-refractivity contribution >= 4 is 21.6 Å². The van der Waals surface area contributed by atoms with Crippen LogP contribution in [0.5, 0.6) is 0 Å². The topological polar surface area (TPSA) is 110 Å². The second kappa shape index (κ2) is 8.07. The number of carbonyl (C=O) groups is 1. The first-order valence-corrected chi connectivity index (χ1v) is 10.4. The van der Waals surface area contributed by atoms with Crippen molar-refractivity contribution in [1.82, 2.24) is 9.62 Å². The minimum absolute atomic E-state index is 0.0300. The molecular weight excluding hydrogens is 382 g/mol. The Labute approximate surface area is 163 Å². The van der Waals surface area contributed by atoms with Gasteiger partial charge < -0.3 is 4.90 Å². The maximum Gasteiger partial charge on any atom is 0.273 e. The first kappa shape index (κ1) is 20.0. The molecule has 9 heteroatoms. The summed E-state index contributed by atoms with van der Waals surface area (Å²) in [6, 6.07) is 11.1. The minimum atomic E-state index is -3.92. The molecule has 1 heterocycles. The van der Waals surface area contributed by atoms with Gasteiger partial charge in [-0.2, -0.15) is 0 Å². The number of nitrogens with one attached hydrogen (secondary N) is 1. The smallest absolute Gasteiger partial charge is 0.273 e. The zero-order valence-corrected chi connectivity index (χ0v) is 16.2. The summed E-state index contributed by atoms with van der Waals surface area (Å²) in [7, 11) is -3.92. The predicted octanol–water partition coefficient (Wildman–Crippen LogP) is 2.50. The molecule has 1 aliphatic rings. The number of rotatable bonds is 7. The SMILES string of the molecule is Cc1ccc(S(=O)(=O)NCc2ccccc2CN2CCCC2=O)cc1[N+](=O)[O-]. The van der Waals surface area contributed by atoms with Gasteiger partial charge >= 0.3 is 0 Å². The van der Waals surface area contributed by atoms with E-state index in [1.165, 1.54) is 12.1 Å². The first-order valence-electron chi connectivity index (χ1n) is 8.87. The number of carbonyl (C=O) groups excluding carboxylic acids is 1. The number of hydrogen-bond donors (Lipinski definition) is 1. The van der Waals surface area contributed by atoms with Crippen LogP contribution in [0.2, 0.25) is 0 Å². The Hall–Kier alpha value is -2.78. The lowest BCUT2D eigenvalue weighted by Gasteiger charge is -2.18. The molecule has 8 nitrogen and oxygen atoms in total. The fraction of sp³-hybridized carbons (Fsp3) is 0.316. The first-order chi connectivity index (χ1) is 13.3. The van der Waals surface area contributed by atoms with Crippen LogP contribution in [0.15, 0.2) is 47.4 Å². The molecule has 0 unspecified atom stereocenters. The van der Waals surface area contributed by atoms with Gasteiger partial charge in [0.25, 0.3) is 5.69 Å². The Bertz CT molecular complexity index is 1020. The Balaban J connectivity index is 1.77. The predicted molar refractivity (Wildman–Crippen MR) is 103 cm³/mol. The Kier molecular flexibility index (Phi) is 5.76. The van der Waals surface area contributed by atoms with Crippen LogP contribution in [0.4, 0.5) is 5.69 Å². The van der Waals surface area contributed by atoms with E-state index < -0.39 is 14.9 Å². The van der Waals surface area contributed by atoms with Gasteiger partial charge in [-0.1, -0.05) is 30.3 Å². The number of nitrogens with zero attached hydrogens (tertiary/aromatic N) is 2. The quantitative estimate of drug-likeness (QED) is 0.564. The number of hydrogen-bond acceptors (Lipinski definition) is 5. The van der Waals surface area contributed by atoms with Crippen LogP contribution in [0, 0.1) is 17.0 Å². The van der Waals surface area contributed by atoms with Gasteiger partial charge in [-0.15, -0.1) is 0 Å². The van der Waals surface area contributed by atoms with Gasteiger partial charge in [0.15, 0.2) is 0 Å². The molecule has 0 atom stereocenters. The molecule has 0 aliphatic carbocycles. The molecule has 148 valence electrons. The zero-order chi connectivity index (χ0) is 20.3. The van der Waals surface area contributed by atoms with Crippen molar-refractivity contribution in [1.29, 1.82) is 0 Å². The van der Waals surface area contributed by atoms with Gasteiger partial charge in [0.05, 0.1) is 9.82 Å². The summed E-state index contributed by atoms with van der Waals surface area (Å²) in [6.45, 7) is 2.72. The highest BCUT2D eigenvalue weighted by Gasteiger charge is 2.22. The lowest BCUT2D eigenvalue weighted by Crippen LogP contribution is -2.27. The number of nitro groups is 1. The van der Waals surface area contributed by atoms with E-state index in [0.717, 1.165) is 23.6 Å². The van der Waals surface area contributed by atoms with E-state index in [-0.39, 0.29) is 23.0 Å². The third-order valence-electron chi connectivity index (χ3n) is 4.79. The van der Waals surface area contributed by atoms with Crippen LogP contribution < -0.4 is 4.72 Å². The summed E-state index contributed by atoms with van der Waals surface area (Å²) in [5.41, 5.74) is 1.78. The van der Waals surface area contributed by atoms with Gasteiger partial charge in [0.1, 0.15) is 0 Å². The van der Waals surface area contributed by atoms with Crippen molar-refractivity contribution in [3.63, 3.8) is 0 Å². The molecule has 2 aromatic rings. The molecule has 0 saturated carbocycles. The molecule has 28 heavy (non-hydrogen) atoms. The van der Waals surface area contributed by atoms with Crippen LogP contribution >= 0.6 is 0 Å². The maximum absolute atomic E-state index is 12.6. The fourth-order valence-electron chi connectivity index (χ4n) is 3.17. The van der Waals surface area contributed by atoms with Gasteiger partial charge in [-0.25, -0.2) is 13.1 Å². The number of nitro benzene ring substituents is 1. The van der Waals surface area contributed by atoms with E-state index in [0.29, 0.717) is 25.1 Å². The van der Waals surface area contributed by atoms with Crippen molar-refractivity contribution in [3.05, 3.63) is 69.3 Å². The summed E-state index contributed by atoms with van der Waals surface area (Å²) >= 11 is 0. The molecule has 3 rings (SSSR count). The molecule has 1 saturated heterocycles. The van der Waals surface area contributed by atoms with Crippen molar-refractivity contribution in [2.45, 2.75) is 37.8 Å². The van der Waals surface area contributed by atoms with E-state index in [1.807, 2.05) is 12.1 Å². The van der Waals surface area contributed by atoms with E-state index in [9.17, 15) is 23.3 Å². The summed E-state index contributed by atoms with van der Waals surface area (Å²) < 4.78 is 27.7. The van der Waals surface area contributed by atoms with Crippen molar-refractivity contribution in [2.24, 2.45) is 0 Å². The molecule has 1 fully saturated rings. The molecule has 1 aliphatic heterocycles. The summed E-state index contributed by atoms with van der Waals surface area (Å²) in [4.78, 5) is 23.9. The van der Waals surface area contributed by atoms with Crippen LogP contribution in [0.3, 0.4) is 0 Å². The molecule has 1 amide bonds. The standard InChI is InChI=1S/C19H21N3O5S/c1-14-8-9-17(11-18(14)22(24)25)28(26,27)20-12-15-5-2-3-6-16(15)13-21-10-4-7-19(21)23/h2-3,5-6,8-9,11,20H,4,7,10,12-13H2,1H3. The van der Waals surface area contributed by atoms with E-state index in [1.54, 1.807) is 24.0 Å². The number of benzene rings is 2. The Morgan fingerprint density at radius 2 is 1.89 bits per heavy atom. The lowest BCUT2D eigenvalue weighted by atomic mass is 10.1. The van der Waals surface area contributed by atoms with Crippen molar-refractivity contribution in [3.8, 4) is 0 Å². The fourth-order valence-corrected chi connectivity index (χ4v) is 4.20. The van der Waals surface area contributed by atoms with Crippen molar-refractivity contribution in [2.75, 3.05) is 6.54 Å². The highest BCUT2D eigenvalue weighted by Crippen LogP contribution is 2.23. The van der Waals surface area contributed by atoms with Gasteiger partial charge in [0.2, 0.25) is 15.9 Å². The van der Waals surface area contributed by atoms with E-state index in [4.69, 9.17) is 0 Å². The normalized spacial score (nSPS) is 14.5. The van der Waals surface area contributed by atoms with Gasteiger partial charge in [0, 0.05) is 37.7 Å². The summed E-state index contributed by atoms with van der Waals surface area (Å²) in [6.07, 6.45) is 1.38. The number of amides is 1. The molecule has 1 N–H and O–H groups in total. The molecule has 0 aromatic heterocycles.